The molecule has 0 bridgehead atoms. The van der Waals surface area contributed by atoms with E-state index < -0.39 is 17.9 Å². The van der Waals surface area contributed by atoms with Gasteiger partial charge < -0.3 is 15.4 Å². The van der Waals surface area contributed by atoms with Gasteiger partial charge in [-0.2, -0.15) is 0 Å². The summed E-state index contributed by atoms with van der Waals surface area (Å²) < 4.78 is 4.88. The summed E-state index contributed by atoms with van der Waals surface area (Å²) >= 11 is 0. The van der Waals surface area contributed by atoms with Crippen molar-refractivity contribution in [1.29, 1.82) is 0 Å². The Morgan fingerprint density at radius 1 is 1.06 bits per heavy atom. The van der Waals surface area contributed by atoms with Crippen molar-refractivity contribution in [2.45, 2.75) is 31.7 Å². The van der Waals surface area contributed by atoms with E-state index in [1.807, 2.05) is 30.3 Å². The molecule has 0 heterocycles. The number of ether oxygens (including phenoxy) is 1. The van der Waals surface area contributed by atoms with Gasteiger partial charge in [0.1, 0.15) is 12.6 Å². The molecule has 174 valence electrons. The van der Waals surface area contributed by atoms with Crippen molar-refractivity contribution < 1.29 is 24.3 Å². The van der Waals surface area contributed by atoms with Crippen LogP contribution in [0.3, 0.4) is 0 Å². The van der Waals surface area contributed by atoms with Crippen LogP contribution in [0.4, 0.5) is 0 Å². The second-order valence-corrected chi connectivity index (χ2v) is 7.29. The highest BCUT2D eigenvalue weighted by Gasteiger charge is 2.22. The topological polar surface area (TPSA) is 117 Å². The van der Waals surface area contributed by atoms with Crippen LogP contribution in [0.5, 0.6) is 0 Å². The zero-order chi connectivity index (χ0) is 23.9. The third-order valence-corrected chi connectivity index (χ3v) is 4.79. The lowest BCUT2D eigenvalue weighted by molar-refractivity contribution is -0.129. The molecule has 0 aliphatic carbocycles. The number of methoxy groups -OCH3 is 1. The summed E-state index contributed by atoms with van der Waals surface area (Å²) in [6, 6.07) is 15.6. The van der Waals surface area contributed by atoms with Crippen LogP contribution in [-0.2, 0) is 20.7 Å². The van der Waals surface area contributed by atoms with Gasteiger partial charge in [-0.3, -0.25) is 19.6 Å². The average Bonchev–Trinajstić information content (AvgIpc) is 2.85. The molecule has 0 spiro atoms. The van der Waals surface area contributed by atoms with Crippen LogP contribution in [0.1, 0.15) is 40.7 Å². The summed E-state index contributed by atoms with van der Waals surface area (Å²) in [5.74, 6) is 4.28. The third kappa shape index (κ3) is 9.56. The summed E-state index contributed by atoms with van der Waals surface area (Å²) in [7, 11) is 1.56. The Morgan fingerprint density at radius 2 is 1.79 bits per heavy atom. The molecule has 0 radical (unpaired) electrons. The normalized spacial score (nSPS) is 11.0. The summed E-state index contributed by atoms with van der Waals surface area (Å²) in [5.41, 5.74) is 3.80. The van der Waals surface area contributed by atoms with Gasteiger partial charge in [-0.1, -0.05) is 42.2 Å². The lowest BCUT2D eigenvalue weighted by Crippen LogP contribution is -2.47. The van der Waals surface area contributed by atoms with Gasteiger partial charge in [-0.15, -0.1) is 0 Å². The van der Waals surface area contributed by atoms with Gasteiger partial charge in [0.2, 0.25) is 11.8 Å². The molecule has 2 aromatic rings. The number of nitrogens with one attached hydrogen (secondary N) is 3. The fourth-order valence-corrected chi connectivity index (χ4v) is 3.03. The maximum absolute atomic E-state index is 12.7. The fourth-order valence-electron chi connectivity index (χ4n) is 3.03. The number of hydroxylamine groups is 1. The number of carbonyl (C=O) groups excluding carboxylic acids is 3. The van der Waals surface area contributed by atoms with E-state index in [-0.39, 0.29) is 18.7 Å². The van der Waals surface area contributed by atoms with Gasteiger partial charge in [0.05, 0.1) is 0 Å². The minimum Gasteiger partial charge on any atom is -0.372 e. The van der Waals surface area contributed by atoms with Crippen molar-refractivity contribution in [2.24, 2.45) is 0 Å². The second-order valence-electron chi connectivity index (χ2n) is 7.29. The van der Waals surface area contributed by atoms with Crippen LogP contribution in [0.25, 0.3) is 0 Å². The first kappa shape index (κ1) is 25.6. The Bertz CT molecular complexity index is 965. The lowest BCUT2D eigenvalue weighted by Gasteiger charge is -2.18. The molecule has 4 N–H and O–H groups in total. The number of carbonyl (C=O) groups is 3. The van der Waals surface area contributed by atoms with Gasteiger partial charge in [0, 0.05) is 31.2 Å². The number of hydrogen-bond acceptors (Lipinski definition) is 5. The predicted octanol–water partition coefficient (Wildman–Crippen LogP) is 1.82. The van der Waals surface area contributed by atoms with Crippen molar-refractivity contribution >= 4 is 17.7 Å². The van der Waals surface area contributed by atoms with Gasteiger partial charge in [0.25, 0.3) is 5.91 Å². The molecule has 0 aromatic heterocycles. The molecule has 8 nitrogen and oxygen atoms in total. The molecule has 1 unspecified atom stereocenters. The van der Waals surface area contributed by atoms with Crippen LogP contribution < -0.4 is 16.1 Å². The van der Waals surface area contributed by atoms with Crippen molar-refractivity contribution in [3.63, 3.8) is 0 Å². The number of hydrogen-bond donors (Lipinski definition) is 4. The smallest absolute Gasteiger partial charge is 0.251 e. The zero-order valence-corrected chi connectivity index (χ0v) is 18.6. The molecule has 1 atom stereocenters. The van der Waals surface area contributed by atoms with E-state index in [0.29, 0.717) is 18.7 Å². The first-order chi connectivity index (χ1) is 16.0. The minimum atomic E-state index is -0.923. The SMILES string of the molecule is COCC#Cc1ccc(C(=O)NC(CCC(=O)NO)C(=O)NCCCc2ccccc2)cc1. The highest BCUT2D eigenvalue weighted by molar-refractivity contribution is 5.97. The molecule has 0 saturated carbocycles. The zero-order valence-electron chi connectivity index (χ0n) is 18.6. The monoisotopic (exact) mass is 451 g/mol. The van der Waals surface area contributed by atoms with E-state index in [1.54, 1.807) is 31.4 Å². The van der Waals surface area contributed by atoms with Gasteiger partial charge >= 0.3 is 0 Å². The third-order valence-electron chi connectivity index (χ3n) is 4.79. The molecular formula is C25H29N3O5. The standard InChI is InChI=1S/C25H29N3O5/c1-33-18-6-10-20-11-13-21(14-12-20)24(30)27-22(15-16-23(29)28-32)25(31)26-17-5-9-19-7-3-2-4-8-19/h2-4,7-8,11-14,22,32H,5,9,15-18H2,1H3,(H,26,31)(H,27,30)(H,28,29). The second kappa shape index (κ2) is 14.4. The molecule has 33 heavy (non-hydrogen) atoms. The fraction of sp³-hybridized carbons (Fsp3) is 0.320. The Kier molecular flexibility index (Phi) is 11.2. The first-order valence-corrected chi connectivity index (χ1v) is 10.7. The average molecular weight is 452 g/mol. The van der Waals surface area contributed by atoms with E-state index in [9.17, 15) is 14.4 Å². The predicted molar refractivity (Wildman–Crippen MR) is 123 cm³/mol. The van der Waals surface area contributed by atoms with Crippen molar-refractivity contribution in [1.82, 2.24) is 16.1 Å². The van der Waals surface area contributed by atoms with Crippen LogP contribution in [0, 0.1) is 11.8 Å². The molecule has 0 aliphatic rings. The number of aryl methyl sites for hydroxylation is 1. The van der Waals surface area contributed by atoms with Gasteiger partial charge in [0.15, 0.2) is 0 Å². The van der Waals surface area contributed by atoms with Crippen LogP contribution >= 0.6 is 0 Å². The molecular weight excluding hydrogens is 422 g/mol. The quantitative estimate of drug-likeness (QED) is 0.180. The Labute approximate surface area is 193 Å². The summed E-state index contributed by atoms with van der Waals surface area (Å²) in [6.45, 7) is 0.743. The van der Waals surface area contributed by atoms with Gasteiger partial charge in [-0.05, 0) is 49.1 Å². The highest BCUT2D eigenvalue weighted by atomic mass is 16.5. The lowest BCUT2D eigenvalue weighted by atomic mass is 10.1. The minimum absolute atomic E-state index is 0.0449. The van der Waals surface area contributed by atoms with E-state index in [0.717, 1.165) is 18.4 Å². The molecule has 0 aliphatic heterocycles. The molecule has 2 aromatic carbocycles. The van der Waals surface area contributed by atoms with Crippen molar-refractivity contribution in [3.05, 3.63) is 71.3 Å². The molecule has 8 heteroatoms. The molecule has 2 rings (SSSR count). The summed E-state index contributed by atoms with van der Waals surface area (Å²) in [5, 5.41) is 14.2. The van der Waals surface area contributed by atoms with Crippen LogP contribution in [0.2, 0.25) is 0 Å². The molecule has 3 amide bonds. The largest absolute Gasteiger partial charge is 0.372 e. The number of benzene rings is 2. The Balaban J connectivity index is 1.94. The van der Waals surface area contributed by atoms with E-state index in [2.05, 4.69) is 22.5 Å². The van der Waals surface area contributed by atoms with E-state index in [1.165, 1.54) is 11.0 Å². The van der Waals surface area contributed by atoms with E-state index >= 15 is 0 Å². The van der Waals surface area contributed by atoms with Crippen LogP contribution in [0.15, 0.2) is 54.6 Å². The Hall–Kier alpha value is -3.67. The van der Waals surface area contributed by atoms with Crippen molar-refractivity contribution in [3.8, 4) is 11.8 Å². The maximum atomic E-state index is 12.7. The van der Waals surface area contributed by atoms with Crippen molar-refractivity contribution in [2.75, 3.05) is 20.3 Å². The Morgan fingerprint density at radius 3 is 2.45 bits per heavy atom. The number of amides is 3. The first-order valence-electron chi connectivity index (χ1n) is 10.7. The number of rotatable bonds is 11. The van der Waals surface area contributed by atoms with Crippen LogP contribution in [-0.4, -0.2) is 49.2 Å². The molecule has 0 saturated heterocycles. The van der Waals surface area contributed by atoms with Gasteiger partial charge in [-0.25, -0.2) is 5.48 Å². The summed E-state index contributed by atoms with van der Waals surface area (Å²) in [6.07, 6.45) is 1.47. The maximum Gasteiger partial charge on any atom is 0.251 e. The highest BCUT2D eigenvalue weighted by Crippen LogP contribution is 2.06. The molecule has 0 fully saturated rings. The summed E-state index contributed by atoms with van der Waals surface area (Å²) in [4.78, 5) is 36.8. The van der Waals surface area contributed by atoms with E-state index in [4.69, 9.17) is 9.94 Å².